The molecule has 3 aromatic rings. The van der Waals surface area contributed by atoms with Crippen molar-refractivity contribution in [2.45, 2.75) is 18.6 Å². The molecule has 4 rings (SSSR count). The van der Waals surface area contributed by atoms with E-state index in [1.54, 1.807) is 30.5 Å². The molecule has 0 aliphatic carbocycles. The molecule has 2 unspecified atom stereocenters. The number of pyridine rings is 1. The van der Waals surface area contributed by atoms with E-state index in [-0.39, 0.29) is 23.8 Å². The summed E-state index contributed by atoms with van der Waals surface area (Å²) >= 11 is 0. The fourth-order valence-corrected chi connectivity index (χ4v) is 3.17. The van der Waals surface area contributed by atoms with E-state index in [1.165, 1.54) is 12.1 Å². The first-order chi connectivity index (χ1) is 12.7. The van der Waals surface area contributed by atoms with E-state index in [4.69, 9.17) is 4.99 Å². The Bertz CT molecular complexity index is 926. The molecule has 130 valence electrons. The third-order valence-electron chi connectivity index (χ3n) is 4.49. The fourth-order valence-electron chi connectivity index (χ4n) is 3.17. The Kier molecular flexibility index (Phi) is 4.46. The van der Waals surface area contributed by atoms with Crippen LogP contribution in [0.1, 0.15) is 35.4 Å². The lowest BCUT2D eigenvalue weighted by atomic mass is 9.96. The first kappa shape index (κ1) is 16.4. The Labute approximate surface area is 151 Å². The molecule has 1 aliphatic heterocycles. The molecule has 5 heteroatoms. The van der Waals surface area contributed by atoms with Crippen molar-refractivity contribution >= 4 is 5.71 Å². The number of phenolic OH excluding ortho intramolecular Hbond substituents is 1. The van der Waals surface area contributed by atoms with Crippen molar-refractivity contribution in [3.8, 4) is 5.75 Å². The lowest BCUT2D eigenvalue weighted by Crippen LogP contribution is -2.33. The van der Waals surface area contributed by atoms with Crippen LogP contribution >= 0.6 is 0 Å². The minimum absolute atomic E-state index is 0.0571. The molecule has 1 aromatic heterocycles. The summed E-state index contributed by atoms with van der Waals surface area (Å²) in [7, 11) is 0. The first-order valence-corrected chi connectivity index (χ1v) is 8.48. The van der Waals surface area contributed by atoms with Gasteiger partial charge >= 0.3 is 0 Å². The maximum absolute atomic E-state index is 13.3. The summed E-state index contributed by atoms with van der Waals surface area (Å²) in [5.74, 6) is -0.0819. The second kappa shape index (κ2) is 7.06. The van der Waals surface area contributed by atoms with Gasteiger partial charge in [0.1, 0.15) is 17.7 Å². The average Bonchev–Trinajstić information content (AvgIpc) is 2.69. The van der Waals surface area contributed by atoms with E-state index in [9.17, 15) is 9.50 Å². The van der Waals surface area contributed by atoms with Gasteiger partial charge in [-0.25, -0.2) is 4.39 Å². The van der Waals surface area contributed by atoms with Crippen molar-refractivity contribution in [1.29, 1.82) is 0 Å². The summed E-state index contributed by atoms with van der Waals surface area (Å²) in [6.07, 6.45) is 2.02. The van der Waals surface area contributed by atoms with Gasteiger partial charge in [0, 0.05) is 18.2 Å². The number of phenols is 1. The molecule has 0 saturated heterocycles. The summed E-state index contributed by atoms with van der Waals surface area (Å²) in [5, 5.41) is 13.7. The zero-order valence-corrected chi connectivity index (χ0v) is 14.0. The van der Waals surface area contributed by atoms with Gasteiger partial charge in [0.2, 0.25) is 0 Å². The average molecular weight is 347 g/mol. The van der Waals surface area contributed by atoms with Crippen LogP contribution in [0.2, 0.25) is 0 Å². The van der Waals surface area contributed by atoms with Crippen LogP contribution in [-0.4, -0.2) is 15.8 Å². The standard InChI is InChI=1S/C21H18FN3O/c22-15-10-8-14(9-11-15)21-24-18(16-5-1-2-7-20(16)26)13-19(25-21)17-6-3-4-12-23-17/h1-12,19,21,25-26H,13H2. The van der Waals surface area contributed by atoms with Gasteiger partial charge in [-0.2, -0.15) is 0 Å². The van der Waals surface area contributed by atoms with Crippen LogP contribution < -0.4 is 5.32 Å². The van der Waals surface area contributed by atoms with E-state index in [0.717, 1.165) is 17.0 Å². The lowest BCUT2D eigenvalue weighted by molar-refractivity contribution is 0.432. The molecular formula is C21H18FN3O. The van der Waals surface area contributed by atoms with Gasteiger partial charge in [-0.1, -0.05) is 30.3 Å². The highest BCUT2D eigenvalue weighted by atomic mass is 19.1. The summed E-state index contributed by atoms with van der Waals surface area (Å²) in [6, 6.07) is 19.2. The zero-order chi connectivity index (χ0) is 17.9. The maximum Gasteiger partial charge on any atom is 0.126 e. The van der Waals surface area contributed by atoms with E-state index >= 15 is 0 Å². The summed E-state index contributed by atoms with van der Waals surface area (Å²) < 4.78 is 13.3. The molecule has 0 radical (unpaired) electrons. The number of hydrogen-bond acceptors (Lipinski definition) is 4. The highest BCUT2D eigenvalue weighted by Gasteiger charge is 2.27. The van der Waals surface area contributed by atoms with Crippen LogP contribution in [0.3, 0.4) is 0 Å². The highest BCUT2D eigenvalue weighted by molar-refractivity contribution is 6.03. The van der Waals surface area contributed by atoms with Crippen molar-refractivity contribution in [3.05, 3.63) is 95.6 Å². The van der Waals surface area contributed by atoms with Crippen molar-refractivity contribution in [2.75, 3.05) is 0 Å². The predicted molar refractivity (Wildman–Crippen MR) is 98.5 cm³/mol. The summed E-state index contributed by atoms with van der Waals surface area (Å²) in [5.41, 5.74) is 3.27. The van der Waals surface area contributed by atoms with Crippen molar-refractivity contribution in [1.82, 2.24) is 10.3 Å². The molecule has 0 fully saturated rings. The molecule has 0 saturated carbocycles. The maximum atomic E-state index is 13.3. The molecular weight excluding hydrogens is 329 g/mol. The van der Waals surface area contributed by atoms with Crippen LogP contribution in [0.15, 0.2) is 77.9 Å². The Morgan fingerprint density at radius 3 is 2.46 bits per heavy atom. The third-order valence-corrected chi connectivity index (χ3v) is 4.49. The van der Waals surface area contributed by atoms with Crippen LogP contribution in [-0.2, 0) is 0 Å². The van der Waals surface area contributed by atoms with Gasteiger partial charge in [0.15, 0.2) is 0 Å². The number of rotatable bonds is 3. The number of aromatic hydroxyl groups is 1. The summed E-state index contributed by atoms with van der Waals surface area (Å²) in [6.45, 7) is 0. The molecule has 0 bridgehead atoms. The zero-order valence-electron chi connectivity index (χ0n) is 14.0. The SMILES string of the molecule is Oc1ccccc1C1=NC(c2ccc(F)cc2)NC(c2ccccn2)C1. The second-order valence-corrected chi connectivity index (χ2v) is 6.23. The van der Waals surface area contributed by atoms with Gasteiger partial charge in [0.05, 0.1) is 17.4 Å². The minimum atomic E-state index is -0.342. The minimum Gasteiger partial charge on any atom is -0.507 e. The van der Waals surface area contributed by atoms with Crippen molar-refractivity contribution < 1.29 is 9.50 Å². The van der Waals surface area contributed by atoms with Gasteiger partial charge in [0.25, 0.3) is 0 Å². The fraction of sp³-hybridized carbons (Fsp3) is 0.143. The normalized spacial score (nSPS) is 19.8. The quantitative estimate of drug-likeness (QED) is 0.748. The van der Waals surface area contributed by atoms with Crippen molar-refractivity contribution in [3.63, 3.8) is 0 Å². The van der Waals surface area contributed by atoms with E-state index in [0.29, 0.717) is 12.0 Å². The van der Waals surface area contributed by atoms with Gasteiger partial charge < -0.3 is 5.11 Å². The second-order valence-electron chi connectivity index (χ2n) is 6.23. The third kappa shape index (κ3) is 3.34. The largest absolute Gasteiger partial charge is 0.507 e. The Hall–Kier alpha value is -3.05. The number of aromatic nitrogens is 1. The highest BCUT2D eigenvalue weighted by Crippen LogP contribution is 2.32. The molecule has 1 aliphatic rings. The van der Waals surface area contributed by atoms with Gasteiger partial charge in [-0.3, -0.25) is 15.3 Å². The van der Waals surface area contributed by atoms with Gasteiger partial charge in [-0.15, -0.1) is 0 Å². The Morgan fingerprint density at radius 1 is 0.962 bits per heavy atom. The molecule has 2 heterocycles. The summed E-state index contributed by atoms with van der Waals surface area (Å²) in [4.78, 5) is 9.24. The molecule has 4 nitrogen and oxygen atoms in total. The van der Waals surface area contributed by atoms with E-state index in [1.807, 2.05) is 30.3 Å². The number of hydrogen-bond donors (Lipinski definition) is 2. The topological polar surface area (TPSA) is 57.5 Å². The molecule has 0 amide bonds. The first-order valence-electron chi connectivity index (χ1n) is 8.48. The number of nitrogens with zero attached hydrogens (tertiary/aromatic N) is 2. The van der Waals surface area contributed by atoms with Crippen LogP contribution in [0.4, 0.5) is 4.39 Å². The number of benzene rings is 2. The molecule has 26 heavy (non-hydrogen) atoms. The Balaban J connectivity index is 1.75. The molecule has 2 atom stereocenters. The van der Waals surface area contributed by atoms with Crippen LogP contribution in [0.25, 0.3) is 0 Å². The number of nitrogens with one attached hydrogen (secondary N) is 1. The van der Waals surface area contributed by atoms with E-state index in [2.05, 4.69) is 10.3 Å². The molecule has 0 spiro atoms. The molecule has 2 aromatic carbocycles. The Morgan fingerprint density at radius 2 is 1.73 bits per heavy atom. The lowest BCUT2D eigenvalue weighted by Gasteiger charge is -2.30. The molecule has 2 N–H and O–H groups in total. The van der Waals surface area contributed by atoms with E-state index < -0.39 is 0 Å². The van der Waals surface area contributed by atoms with Crippen LogP contribution in [0, 0.1) is 5.82 Å². The van der Waals surface area contributed by atoms with Crippen molar-refractivity contribution in [2.24, 2.45) is 4.99 Å². The van der Waals surface area contributed by atoms with Gasteiger partial charge in [-0.05, 0) is 42.0 Å². The smallest absolute Gasteiger partial charge is 0.126 e. The number of para-hydroxylation sites is 1. The number of aliphatic imine (C=N–C) groups is 1. The van der Waals surface area contributed by atoms with Crippen LogP contribution in [0.5, 0.6) is 5.75 Å². The predicted octanol–water partition coefficient (Wildman–Crippen LogP) is 4.15. The monoisotopic (exact) mass is 347 g/mol. The number of halogens is 1.